The average molecular weight is 308 g/mol. The second kappa shape index (κ2) is 6.96. The first-order valence-electron chi connectivity index (χ1n) is 7.71. The zero-order valence-electron chi connectivity index (χ0n) is 13.1. The number of imidazole rings is 1. The molecule has 3 rings (SSSR count). The summed E-state index contributed by atoms with van der Waals surface area (Å²) in [5.41, 5.74) is 4.26. The second-order valence-electron chi connectivity index (χ2n) is 5.52. The van der Waals surface area contributed by atoms with Crippen molar-refractivity contribution in [2.45, 2.75) is 19.9 Å². The highest BCUT2D eigenvalue weighted by Gasteiger charge is 2.03. The number of carbonyl (C=O) groups excluding carboxylic acids is 1. The van der Waals surface area contributed by atoms with Crippen molar-refractivity contribution in [3.63, 3.8) is 0 Å². The van der Waals surface area contributed by atoms with Crippen molar-refractivity contribution in [2.75, 3.05) is 6.54 Å². The fraction of sp³-hybridized carbons (Fsp3) is 0.222. The number of nitrogens with zero attached hydrogens (tertiary/aromatic N) is 1. The van der Waals surface area contributed by atoms with Crippen LogP contribution in [0, 0.1) is 6.92 Å². The monoisotopic (exact) mass is 308 g/mol. The van der Waals surface area contributed by atoms with E-state index in [-0.39, 0.29) is 6.03 Å². The highest BCUT2D eigenvalue weighted by molar-refractivity contribution is 5.76. The highest BCUT2D eigenvalue weighted by atomic mass is 16.2. The third-order valence-corrected chi connectivity index (χ3v) is 3.66. The molecule has 0 unspecified atom stereocenters. The Balaban J connectivity index is 1.45. The first-order chi connectivity index (χ1) is 11.2. The van der Waals surface area contributed by atoms with E-state index in [0.717, 1.165) is 28.8 Å². The minimum atomic E-state index is -0.146. The SMILES string of the molecule is Cc1nc2ccc(CCNC(=O)NCc3ccccc3)cc2[nH]1. The van der Waals surface area contributed by atoms with Gasteiger partial charge in [0.25, 0.3) is 0 Å². The van der Waals surface area contributed by atoms with Crippen LogP contribution in [-0.4, -0.2) is 22.5 Å². The van der Waals surface area contributed by atoms with Crippen LogP contribution in [0.25, 0.3) is 11.0 Å². The number of fused-ring (bicyclic) bond motifs is 1. The number of benzene rings is 2. The number of amides is 2. The van der Waals surface area contributed by atoms with Crippen LogP contribution in [0.4, 0.5) is 4.79 Å². The second-order valence-corrected chi connectivity index (χ2v) is 5.52. The van der Waals surface area contributed by atoms with Gasteiger partial charge in [-0.25, -0.2) is 9.78 Å². The molecule has 1 heterocycles. The van der Waals surface area contributed by atoms with Crippen molar-refractivity contribution in [3.8, 4) is 0 Å². The lowest BCUT2D eigenvalue weighted by molar-refractivity contribution is 0.240. The number of hydrogen-bond acceptors (Lipinski definition) is 2. The summed E-state index contributed by atoms with van der Waals surface area (Å²) in [6, 6.07) is 15.8. The van der Waals surface area contributed by atoms with Crippen LogP contribution >= 0.6 is 0 Å². The molecule has 3 N–H and O–H groups in total. The topological polar surface area (TPSA) is 69.8 Å². The van der Waals surface area contributed by atoms with Crippen molar-refractivity contribution in [1.82, 2.24) is 20.6 Å². The van der Waals surface area contributed by atoms with Gasteiger partial charge in [-0.15, -0.1) is 0 Å². The van der Waals surface area contributed by atoms with Gasteiger partial charge >= 0.3 is 6.03 Å². The van der Waals surface area contributed by atoms with Gasteiger partial charge in [0.05, 0.1) is 11.0 Å². The summed E-state index contributed by atoms with van der Waals surface area (Å²) in [6.45, 7) is 3.07. The van der Waals surface area contributed by atoms with Crippen LogP contribution < -0.4 is 10.6 Å². The Morgan fingerprint density at radius 1 is 1.09 bits per heavy atom. The Morgan fingerprint density at radius 2 is 1.91 bits per heavy atom. The van der Waals surface area contributed by atoms with Gasteiger partial charge in [-0.1, -0.05) is 36.4 Å². The normalized spacial score (nSPS) is 10.7. The van der Waals surface area contributed by atoms with E-state index >= 15 is 0 Å². The van der Waals surface area contributed by atoms with Gasteiger partial charge in [0, 0.05) is 13.1 Å². The maximum atomic E-state index is 11.8. The summed E-state index contributed by atoms with van der Waals surface area (Å²) < 4.78 is 0. The Hall–Kier alpha value is -2.82. The summed E-state index contributed by atoms with van der Waals surface area (Å²) in [7, 11) is 0. The molecule has 5 heteroatoms. The van der Waals surface area contributed by atoms with E-state index in [1.807, 2.05) is 49.4 Å². The van der Waals surface area contributed by atoms with E-state index < -0.39 is 0 Å². The molecule has 5 nitrogen and oxygen atoms in total. The number of nitrogens with one attached hydrogen (secondary N) is 3. The summed E-state index contributed by atoms with van der Waals surface area (Å²) in [5, 5.41) is 5.73. The van der Waals surface area contributed by atoms with Gasteiger partial charge in [0.1, 0.15) is 5.82 Å². The quantitative estimate of drug-likeness (QED) is 0.678. The lowest BCUT2D eigenvalue weighted by Gasteiger charge is -2.08. The first kappa shape index (κ1) is 15.1. The molecule has 0 aliphatic carbocycles. The molecular formula is C18H20N4O. The standard InChI is InChI=1S/C18H20N4O/c1-13-21-16-8-7-14(11-17(16)22-13)9-10-19-18(23)20-12-15-5-3-2-4-6-15/h2-8,11H,9-10,12H2,1H3,(H,21,22)(H2,19,20,23). The van der Waals surface area contributed by atoms with E-state index in [1.54, 1.807) is 0 Å². The molecule has 1 aromatic heterocycles. The smallest absolute Gasteiger partial charge is 0.315 e. The van der Waals surface area contributed by atoms with Gasteiger partial charge in [-0.05, 0) is 36.6 Å². The van der Waals surface area contributed by atoms with Crippen LogP contribution in [0.5, 0.6) is 0 Å². The van der Waals surface area contributed by atoms with E-state index in [0.29, 0.717) is 13.1 Å². The molecule has 118 valence electrons. The number of aromatic amines is 1. The lowest BCUT2D eigenvalue weighted by atomic mass is 10.1. The third kappa shape index (κ3) is 4.10. The van der Waals surface area contributed by atoms with Crippen molar-refractivity contribution >= 4 is 17.1 Å². The molecule has 2 aromatic carbocycles. The predicted octanol–water partition coefficient (Wildman–Crippen LogP) is 2.91. The number of aryl methyl sites for hydroxylation is 1. The zero-order valence-corrected chi connectivity index (χ0v) is 13.1. The van der Waals surface area contributed by atoms with E-state index in [2.05, 4.69) is 26.7 Å². The van der Waals surface area contributed by atoms with Crippen LogP contribution in [0.2, 0.25) is 0 Å². The predicted molar refractivity (Wildman–Crippen MR) is 91.2 cm³/mol. The number of aromatic nitrogens is 2. The number of urea groups is 1. The minimum absolute atomic E-state index is 0.146. The molecular weight excluding hydrogens is 288 g/mol. The Morgan fingerprint density at radius 3 is 2.74 bits per heavy atom. The molecule has 0 spiro atoms. The molecule has 0 aliphatic heterocycles. The van der Waals surface area contributed by atoms with Crippen LogP contribution in [-0.2, 0) is 13.0 Å². The number of hydrogen-bond donors (Lipinski definition) is 3. The summed E-state index contributed by atoms with van der Waals surface area (Å²) in [6.07, 6.45) is 0.784. The van der Waals surface area contributed by atoms with Gasteiger partial charge < -0.3 is 15.6 Å². The molecule has 0 aliphatic rings. The van der Waals surface area contributed by atoms with Gasteiger partial charge in [-0.3, -0.25) is 0 Å². The minimum Gasteiger partial charge on any atom is -0.342 e. The Kier molecular flexibility index (Phi) is 4.57. The summed E-state index contributed by atoms with van der Waals surface area (Å²) in [5.74, 6) is 0.913. The van der Waals surface area contributed by atoms with Gasteiger partial charge in [-0.2, -0.15) is 0 Å². The molecule has 0 fully saturated rings. The van der Waals surface area contributed by atoms with Crippen LogP contribution in [0.15, 0.2) is 48.5 Å². The fourth-order valence-electron chi connectivity index (χ4n) is 2.50. The molecule has 0 atom stereocenters. The largest absolute Gasteiger partial charge is 0.342 e. The summed E-state index contributed by atoms with van der Waals surface area (Å²) >= 11 is 0. The Labute approximate surface area is 135 Å². The molecule has 23 heavy (non-hydrogen) atoms. The van der Waals surface area contributed by atoms with Crippen molar-refractivity contribution in [3.05, 3.63) is 65.5 Å². The first-order valence-corrected chi connectivity index (χ1v) is 7.71. The average Bonchev–Trinajstić information content (AvgIpc) is 2.93. The number of H-pyrrole nitrogens is 1. The van der Waals surface area contributed by atoms with E-state index in [1.165, 1.54) is 5.56 Å². The molecule has 0 bridgehead atoms. The molecule has 2 amide bonds. The van der Waals surface area contributed by atoms with Crippen molar-refractivity contribution in [1.29, 1.82) is 0 Å². The maximum Gasteiger partial charge on any atom is 0.315 e. The lowest BCUT2D eigenvalue weighted by Crippen LogP contribution is -2.36. The maximum absolute atomic E-state index is 11.8. The zero-order chi connectivity index (χ0) is 16.1. The molecule has 0 radical (unpaired) electrons. The highest BCUT2D eigenvalue weighted by Crippen LogP contribution is 2.13. The van der Waals surface area contributed by atoms with Crippen molar-refractivity contribution < 1.29 is 4.79 Å². The van der Waals surface area contributed by atoms with E-state index in [9.17, 15) is 4.79 Å². The molecule has 3 aromatic rings. The van der Waals surface area contributed by atoms with Crippen LogP contribution in [0.3, 0.4) is 0 Å². The Bertz CT molecular complexity index is 795. The molecule has 0 saturated carbocycles. The fourth-order valence-corrected chi connectivity index (χ4v) is 2.50. The van der Waals surface area contributed by atoms with Crippen LogP contribution in [0.1, 0.15) is 17.0 Å². The number of rotatable bonds is 5. The van der Waals surface area contributed by atoms with E-state index in [4.69, 9.17) is 0 Å². The third-order valence-electron chi connectivity index (χ3n) is 3.66. The molecule has 0 saturated heterocycles. The summed E-state index contributed by atoms with van der Waals surface area (Å²) in [4.78, 5) is 19.4. The van der Waals surface area contributed by atoms with Crippen molar-refractivity contribution in [2.24, 2.45) is 0 Å². The number of carbonyl (C=O) groups is 1. The van der Waals surface area contributed by atoms with Gasteiger partial charge in [0.15, 0.2) is 0 Å². The van der Waals surface area contributed by atoms with Gasteiger partial charge in [0.2, 0.25) is 0 Å².